The third-order valence-corrected chi connectivity index (χ3v) is 7.98. The quantitative estimate of drug-likeness (QED) is 0.571. The van der Waals surface area contributed by atoms with Gasteiger partial charge in [0.15, 0.2) is 0 Å². The molecule has 32 heavy (non-hydrogen) atoms. The zero-order valence-electron chi connectivity index (χ0n) is 18.3. The SMILES string of the molecule is O=C(Nc1ccc2cc[nH]c2c1)[C@@H]1c2ccccc2C(=O)N(C2CCCC2)C12CCCC2. The second kappa shape index (κ2) is 7.51. The monoisotopic (exact) mass is 427 g/mol. The van der Waals surface area contributed by atoms with E-state index in [0.717, 1.165) is 60.7 Å². The highest BCUT2D eigenvalue weighted by molar-refractivity contribution is 6.05. The van der Waals surface area contributed by atoms with Crippen molar-refractivity contribution < 1.29 is 9.59 Å². The summed E-state index contributed by atoms with van der Waals surface area (Å²) in [5.74, 6) is -0.217. The predicted molar refractivity (Wildman–Crippen MR) is 126 cm³/mol. The first-order valence-corrected chi connectivity index (χ1v) is 12.0. The van der Waals surface area contributed by atoms with Gasteiger partial charge >= 0.3 is 0 Å². The Bertz CT molecular complexity index is 1180. The molecule has 6 rings (SSSR count). The first-order chi connectivity index (χ1) is 15.7. The van der Waals surface area contributed by atoms with Crippen LogP contribution in [0.4, 0.5) is 5.69 Å². The van der Waals surface area contributed by atoms with Gasteiger partial charge in [-0.2, -0.15) is 0 Å². The van der Waals surface area contributed by atoms with E-state index in [4.69, 9.17) is 0 Å². The number of amides is 2. The number of rotatable bonds is 3. The van der Waals surface area contributed by atoms with Crippen LogP contribution in [0.25, 0.3) is 10.9 Å². The maximum Gasteiger partial charge on any atom is 0.254 e. The van der Waals surface area contributed by atoms with Gasteiger partial charge in [0.05, 0.1) is 11.5 Å². The molecule has 5 nitrogen and oxygen atoms in total. The Balaban J connectivity index is 1.44. The molecule has 1 aliphatic heterocycles. The van der Waals surface area contributed by atoms with Crippen LogP contribution in [-0.4, -0.2) is 33.3 Å². The molecular formula is C27H29N3O2. The topological polar surface area (TPSA) is 65.2 Å². The molecule has 2 fully saturated rings. The van der Waals surface area contributed by atoms with Gasteiger partial charge in [0, 0.05) is 29.0 Å². The standard InChI is InChI=1S/C27H29N3O2/c31-25(29-19-12-11-18-13-16-28-23(18)17-19)24-21-9-3-4-10-22(21)26(32)30(20-7-1-2-8-20)27(24)14-5-6-15-27/h3-4,9-13,16-17,20,24,28H,1-2,5-8,14-15H2,(H,29,31)/t24-/m0/s1. The van der Waals surface area contributed by atoms with Gasteiger partial charge in [-0.1, -0.05) is 49.9 Å². The second-order valence-corrected chi connectivity index (χ2v) is 9.71. The van der Waals surface area contributed by atoms with Crippen LogP contribution < -0.4 is 5.32 Å². The Labute approximate surface area is 188 Å². The third kappa shape index (κ3) is 2.90. The molecule has 2 N–H and O–H groups in total. The summed E-state index contributed by atoms with van der Waals surface area (Å²) < 4.78 is 0. The van der Waals surface area contributed by atoms with E-state index < -0.39 is 5.54 Å². The van der Waals surface area contributed by atoms with Crippen LogP contribution in [0.3, 0.4) is 0 Å². The molecule has 2 aliphatic carbocycles. The number of nitrogens with zero attached hydrogens (tertiary/aromatic N) is 1. The second-order valence-electron chi connectivity index (χ2n) is 9.71. The molecule has 5 heteroatoms. The van der Waals surface area contributed by atoms with E-state index in [1.165, 1.54) is 12.8 Å². The van der Waals surface area contributed by atoms with Crippen molar-refractivity contribution in [3.05, 3.63) is 65.9 Å². The molecule has 0 radical (unpaired) electrons. The van der Waals surface area contributed by atoms with Gasteiger partial charge in [-0.05, 0) is 60.9 Å². The lowest BCUT2D eigenvalue weighted by molar-refractivity contribution is -0.121. The van der Waals surface area contributed by atoms with Gasteiger partial charge in [0.1, 0.15) is 0 Å². The smallest absolute Gasteiger partial charge is 0.254 e. The van der Waals surface area contributed by atoms with Gasteiger partial charge < -0.3 is 15.2 Å². The summed E-state index contributed by atoms with van der Waals surface area (Å²) in [5, 5.41) is 4.34. The molecule has 1 aromatic heterocycles. The molecule has 3 aliphatic rings. The van der Waals surface area contributed by atoms with E-state index in [9.17, 15) is 9.59 Å². The molecule has 0 bridgehead atoms. The average Bonchev–Trinajstić information content (AvgIpc) is 3.56. The van der Waals surface area contributed by atoms with Gasteiger partial charge in [-0.15, -0.1) is 0 Å². The summed E-state index contributed by atoms with van der Waals surface area (Å²) in [4.78, 5) is 33.2. The van der Waals surface area contributed by atoms with Crippen LogP contribution >= 0.6 is 0 Å². The van der Waals surface area contributed by atoms with Crippen LogP contribution in [0.1, 0.15) is 73.2 Å². The van der Waals surface area contributed by atoms with E-state index in [0.29, 0.717) is 5.56 Å². The molecule has 0 saturated heterocycles. The van der Waals surface area contributed by atoms with Gasteiger partial charge in [0.2, 0.25) is 5.91 Å². The van der Waals surface area contributed by atoms with Crippen LogP contribution in [0.5, 0.6) is 0 Å². The number of benzene rings is 2. The molecule has 3 aromatic rings. The fourth-order valence-corrected chi connectivity index (χ4v) is 6.64. The van der Waals surface area contributed by atoms with E-state index in [1.807, 2.05) is 54.7 Å². The Morgan fingerprint density at radius 2 is 1.78 bits per heavy atom. The molecular weight excluding hydrogens is 398 g/mol. The number of carbonyl (C=O) groups is 2. The van der Waals surface area contributed by atoms with Crippen LogP contribution in [0.15, 0.2) is 54.7 Å². The van der Waals surface area contributed by atoms with E-state index in [1.54, 1.807) is 0 Å². The summed E-state index contributed by atoms with van der Waals surface area (Å²) >= 11 is 0. The maximum atomic E-state index is 14.0. The van der Waals surface area contributed by atoms with Crippen molar-refractivity contribution in [3.8, 4) is 0 Å². The summed E-state index contributed by atoms with van der Waals surface area (Å²) in [6.45, 7) is 0. The minimum atomic E-state index is -0.416. The molecule has 1 spiro atoms. The lowest BCUT2D eigenvalue weighted by Crippen LogP contribution is -2.62. The molecule has 1 atom stereocenters. The summed E-state index contributed by atoms with van der Waals surface area (Å²) in [6.07, 6.45) is 10.3. The Kier molecular flexibility index (Phi) is 4.60. The molecule has 0 unspecified atom stereocenters. The Hall–Kier alpha value is -3.08. The number of hydrogen-bond donors (Lipinski definition) is 2. The average molecular weight is 428 g/mol. The van der Waals surface area contributed by atoms with Crippen LogP contribution in [0.2, 0.25) is 0 Å². The third-order valence-electron chi connectivity index (χ3n) is 7.98. The van der Waals surface area contributed by atoms with Crippen molar-refractivity contribution in [1.29, 1.82) is 0 Å². The lowest BCUT2D eigenvalue weighted by atomic mass is 9.70. The van der Waals surface area contributed by atoms with Crippen LogP contribution in [0, 0.1) is 0 Å². The summed E-state index contributed by atoms with van der Waals surface area (Å²) in [6, 6.07) is 16.0. The van der Waals surface area contributed by atoms with Crippen molar-refractivity contribution in [2.24, 2.45) is 0 Å². The van der Waals surface area contributed by atoms with Gasteiger partial charge in [-0.25, -0.2) is 0 Å². The minimum absolute atomic E-state index is 0.000697. The number of hydrogen-bond acceptors (Lipinski definition) is 2. The maximum absolute atomic E-state index is 14.0. The highest BCUT2D eigenvalue weighted by Gasteiger charge is 2.57. The zero-order chi connectivity index (χ0) is 21.7. The highest BCUT2D eigenvalue weighted by Crippen LogP contribution is 2.52. The molecule has 2 saturated carbocycles. The summed E-state index contributed by atoms with van der Waals surface area (Å²) in [5.41, 5.74) is 2.98. The molecule has 164 valence electrons. The van der Waals surface area contributed by atoms with Crippen molar-refractivity contribution in [2.75, 3.05) is 5.32 Å². The first-order valence-electron chi connectivity index (χ1n) is 12.0. The molecule has 2 heterocycles. The van der Waals surface area contributed by atoms with Gasteiger partial charge in [-0.3, -0.25) is 9.59 Å². The number of nitrogens with one attached hydrogen (secondary N) is 2. The number of fused-ring (bicyclic) bond motifs is 2. The molecule has 2 amide bonds. The fraction of sp³-hybridized carbons (Fsp3) is 0.407. The van der Waals surface area contributed by atoms with E-state index in [-0.39, 0.29) is 23.8 Å². The van der Waals surface area contributed by atoms with Crippen molar-refractivity contribution in [3.63, 3.8) is 0 Å². The largest absolute Gasteiger partial charge is 0.361 e. The summed E-state index contributed by atoms with van der Waals surface area (Å²) in [7, 11) is 0. The number of H-pyrrole nitrogens is 1. The Morgan fingerprint density at radius 1 is 1.00 bits per heavy atom. The van der Waals surface area contributed by atoms with E-state index >= 15 is 0 Å². The zero-order valence-corrected chi connectivity index (χ0v) is 18.3. The highest BCUT2D eigenvalue weighted by atomic mass is 16.2. The predicted octanol–water partition coefficient (Wildman–Crippen LogP) is 5.60. The van der Waals surface area contributed by atoms with Crippen molar-refractivity contribution >= 4 is 28.4 Å². The Morgan fingerprint density at radius 3 is 2.59 bits per heavy atom. The van der Waals surface area contributed by atoms with Gasteiger partial charge in [0.25, 0.3) is 5.91 Å². The normalized spacial score (nSPS) is 22.6. The number of anilines is 1. The number of carbonyl (C=O) groups excluding carboxylic acids is 2. The first kappa shape index (κ1) is 19.6. The number of aromatic amines is 1. The van der Waals surface area contributed by atoms with Crippen LogP contribution in [-0.2, 0) is 4.79 Å². The van der Waals surface area contributed by atoms with E-state index in [2.05, 4.69) is 15.2 Å². The fourth-order valence-electron chi connectivity index (χ4n) is 6.64. The number of aromatic nitrogens is 1. The molecule has 2 aromatic carbocycles. The van der Waals surface area contributed by atoms with Crippen molar-refractivity contribution in [2.45, 2.75) is 68.9 Å². The lowest BCUT2D eigenvalue weighted by Gasteiger charge is -2.52. The van der Waals surface area contributed by atoms with Crippen molar-refractivity contribution in [1.82, 2.24) is 9.88 Å². The minimum Gasteiger partial charge on any atom is -0.361 e.